The summed E-state index contributed by atoms with van der Waals surface area (Å²) in [5.74, 6) is 1.29. The van der Waals surface area contributed by atoms with Crippen LogP contribution >= 0.6 is 27.5 Å². The molecule has 4 heteroatoms. The number of aliphatic hydroxyl groups excluding tert-OH is 1. The van der Waals surface area contributed by atoms with E-state index in [9.17, 15) is 5.11 Å². The van der Waals surface area contributed by atoms with E-state index in [1.165, 1.54) is 0 Å². The Morgan fingerprint density at radius 2 is 1.94 bits per heavy atom. The molecule has 0 saturated carbocycles. The zero-order valence-electron chi connectivity index (χ0n) is 9.46. The van der Waals surface area contributed by atoms with Gasteiger partial charge >= 0.3 is 0 Å². The molecule has 1 aromatic rings. The number of aryl methyl sites for hydroxylation is 2. The third-order valence-corrected chi connectivity index (χ3v) is 2.96. The first-order chi connectivity index (χ1) is 7.54. The average Bonchev–Trinajstić information content (AvgIpc) is 2.16. The molecule has 0 aliphatic rings. The molecule has 0 saturated heterocycles. The summed E-state index contributed by atoms with van der Waals surface area (Å²) in [7, 11) is 0. The van der Waals surface area contributed by atoms with Crippen LogP contribution in [0.15, 0.2) is 16.6 Å². The topological polar surface area (TPSA) is 29.5 Å². The minimum absolute atomic E-state index is 0.288. The fraction of sp³-hybridized carbons (Fsp3) is 0.500. The van der Waals surface area contributed by atoms with Gasteiger partial charge < -0.3 is 9.84 Å². The quantitative estimate of drug-likeness (QED) is 0.845. The predicted molar refractivity (Wildman–Crippen MR) is 70.5 cm³/mol. The second kappa shape index (κ2) is 6.48. The molecule has 0 radical (unpaired) electrons. The van der Waals surface area contributed by atoms with Crippen LogP contribution in [0.5, 0.6) is 5.75 Å². The summed E-state index contributed by atoms with van der Waals surface area (Å²) in [5, 5.41) is 9.53. The van der Waals surface area contributed by atoms with Gasteiger partial charge in [0.25, 0.3) is 0 Å². The van der Waals surface area contributed by atoms with Crippen molar-refractivity contribution >= 4 is 27.5 Å². The minimum atomic E-state index is -0.500. The lowest BCUT2D eigenvalue weighted by Gasteiger charge is -2.15. The van der Waals surface area contributed by atoms with Gasteiger partial charge in [-0.25, -0.2) is 0 Å². The van der Waals surface area contributed by atoms with Gasteiger partial charge in [-0.3, -0.25) is 0 Å². The number of benzene rings is 1. The first-order valence-corrected chi connectivity index (χ1v) is 6.51. The van der Waals surface area contributed by atoms with Gasteiger partial charge in [0.1, 0.15) is 12.4 Å². The molecule has 0 bridgehead atoms. The largest absolute Gasteiger partial charge is 0.490 e. The summed E-state index contributed by atoms with van der Waals surface area (Å²) in [6, 6.07) is 3.99. The maximum Gasteiger partial charge on any atom is 0.125 e. The van der Waals surface area contributed by atoms with Crippen LogP contribution in [0.25, 0.3) is 0 Å². The fourth-order valence-corrected chi connectivity index (χ4v) is 2.45. The highest BCUT2D eigenvalue weighted by Crippen LogP contribution is 2.27. The highest BCUT2D eigenvalue weighted by molar-refractivity contribution is 9.10. The van der Waals surface area contributed by atoms with E-state index in [0.29, 0.717) is 12.3 Å². The number of hydrogen-bond donors (Lipinski definition) is 1. The van der Waals surface area contributed by atoms with Gasteiger partial charge in [-0.05, 0) is 43.5 Å². The lowest BCUT2D eigenvalue weighted by molar-refractivity contribution is 0.104. The summed E-state index contributed by atoms with van der Waals surface area (Å²) >= 11 is 8.97. The van der Waals surface area contributed by atoms with Gasteiger partial charge in [-0.1, -0.05) is 15.9 Å². The molecule has 0 aliphatic carbocycles. The van der Waals surface area contributed by atoms with Crippen LogP contribution in [0.3, 0.4) is 0 Å². The van der Waals surface area contributed by atoms with Gasteiger partial charge in [-0.2, -0.15) is 0 Å². The van der Waals surface area contributed by atoms with Crippen LogP contribution in [0.4, 0.5) is 0 Å². The van der Waals surface area contributed by atoms with E-state index in [1.807, 2.05) is 26.0 Å². The molecule has 90 valence electrons. The molecule has 0 heterocycles. The maximum atomic E-state index is 9.53. The van der Waals surface area contributed by atoms with Gasteiger partial charge in [0.2, 0.25) is 0 Å². The molecule has 16 heavy (non-hydrogen) atoms. The standard InChI is InChI=1S/C12H16BrClO2/c1-8-5-10(13)6-9(2)12(8)16-7-11(15)3-4-14/h5-6,11,15H,3-4,7H2,1-2H3. The molecule has 2 nitrogen and oxygen atoms in total. The van der Waals surface area contributed by atoms with Crippen LogP contribution < -0.4 is 4.74 Å². The van der Waals surface area contributed by atoms with Crippen molar-refractivity contribution in [2.45, 2.75) is 26.4 Å². The number of aliphatic hydroxyl groups is 1. The zero-order chi connectivity index (χ0) is 12.1. The molecule has 0 fully saturated rings. The normalized spacial score (nSPS) is 12.6. The molecule has 0 aromatic heterocycles. The van der Waals surface area contributed by atoms with Crippen molar-refractivity contribution in [2.75, 3.05) is 12.5 Å². The Balaban J connectivity index is 2.67. The number of alkyl halides is 1. The Morgan fingerprint density at radius 3 is 2.44 bits per heavy atom. The SMILES string of the molecule is Cc1cc(Br)cc(C)c1OCC(O)CCCl. The highest BCUT2D eigenvalue weighted by Gasteiger charge is 2.09. The van der Waals surface area contributed by atoms with Crippen LogP contribution in [0, 0.1) is 13.8 Å². The van der Waals surface area contributed by atoms with Crippen LogP contribution in [0.2, 0.25) is 0 Å². The van der Waals surface area contributed by atoms with E-state index >= 15 is 0 Å². The van der Waals surface area contributed by atoms with Crippen molar-refractivity contribution in [1.82, 2.24) is 0 Å². The van der Waals surface area contributed by atoms with E-state index in [2.05, 4.69) is 15.9 Å². The Labute approximate surface area is 110 Å². The summed E-state index contributed by atoms with van der Waals surface area (Å²) < 4.78 is 6.65. The average molecular weight is 308 g/mol. The van der Waals surface area contributed by atoms with Crippen molar-refractivity contribution in [1.29, 1.82) is 0 Å². The monoisotopic (exact) mass is 306 g/mol. The van der Waals surface area contributed by atoms with Crippen molar-refractivity contribution in [3.05, 3.63) is 27.7 Å². The van der Waals surface area contributed by atoms with Gasteiger partial charge in [0, 0.05) is 10.4 Å². The lowest BCUT2D eigenvalue weighted by atomic mass is 10.1. The van der Waals surface area contributed by atoms with Crippen LogP contribution in [-0.2, 0) is 0 Å². The van der Waals surface area contributed by atoms with Crippen LogP contribution in [0.1, 0.15) is 17.5 Å². The van der Waals surface area contributed by atoms with Crippen molar-refractivity contribution < 1.29 is 9.84 Å². The smallest absolute Gasteiger partial charge is 0.125 e. The Kier molecular flexibility index (Phi) is 5.59. The van der Waals surface area contributed by atoms with E-state index in [-0.39, 0.29) is 6.61 Å². The zero-order valence-corrected chi connectivity index (χ0v) is 11.8. The van der Waals surface area contributed by atoms with Crippen molar-refractivity contribution in [2.24, 2.45) is 0 Å². The predicted octanol–water partition coefficient (Wildman–Crippen LogP) is 3.43. The van der Waals surface area contributed by atoms with E-state index in [4.69, 9.17) is 16.3 Å². The van der Waals surface area contributed by atoms with Gasteiger partial charge in [0.15, 0.2) is 0 Å². The summed E-state index contributed by atoms with van der Waals surface area (Å²) in [5.41, 5.74) is 2.12. The molecular weight excluding hydrogens is 291 g/mol. The second-order valence-electron chi connectivity index (χ2n) is 3.81. The van der Waals surface area contributed by atoms with Crippen molar-refractivity contribution in [3.63, 3.8) is 0 Å². The Morgan fingerprint density at radius 1 is 1.38 bits per heavy atom. The molecule has 0 spiro atoms. The first kappa shape index (κ1) is 13.8. The van der Waals surface area contributed by atoms with Crippen molar-refractivity contribution in [3.8, 4) is 5.75 Å². The highest BCUT2D eigenvalue weighted by atomic mass is 79.9. The number of rotatable bonds is 5. The third-order valence-electron chi connectivity index (χ3n) is 2.29. The van der Waals surface area contributed by atoms with Gasteiger partial charge in [0.05, 0.1) is 6.10 Å². The van der Waals surface area contributed by atoms with E-state index < -0.39 is 6.10 Å². The first-order valence-electron chi connectivity index (χ1n) is 5.18. The molecule has 1 aromatic carbocycles. The lowest BCUT2D eigenvalue weighted by Crippen LogP contribution is -2.18. The third kappa shape index (κ3) is 3.96. The molecule has 1 atom stereocenters. The summed E-state index contributed by atoms with van der Waals surface area (Å²) in [4.78, 5) is 0. The minimum Gasteiger partial charge on any atom is -0.490 e. The van der Waals surface area contributed by atoms with E-state index in [0.717, 1.165) is 21.3 Å². The summed E-state index contributed by atoms with van der Waals surface area (Å²) in [6.07, 6.45) is 0.0517. The fourth-order valence-electron chi connectivity index (χ4n) is 1.51. The van der Waals surface area contributed by atoms with Crippen LogP contribution in [-0.4, -0.2) is 23.7 Å². The Bertz CT molecular complexity index is 332. The second-order valence-corrected chi connectivity index (χ2v) is 5.10. The maximum absolute atomic E-state index is 9.53. The number of ether oxygens (including phenoxy) is 1. The number of halogens is 2. The molecular formula is C12H16BrClO2. The number of hydrogen-bond acceptors (Lipinski definition) is 2. The summed E-state index contributed by atoms with van der Waals surface area (Å²) in [6.45, 7) is 4.26. The van der Waals surface area contributed by atoms with Gasteiger partial charge in [-0.15, -0.1) is 11.6 Å². The molecule has 1 rings (SSSR count). The molecule has 1 N–H and O–H groups in total. The Hall–Kier alpha value is -0.250. The molecule has 0 aliphatic heterocycles. The molecule has 0 amide bonds. The van der Waals surface area contributed by atoms with E-state index in [1.54, 1.807) is 0 Å². The molecule has 1 unspecified atom stereocenters.